The zero-order valence-corrected chi connectivity index (χ0v) is 25.1. The Bertz CT molecular complexity index is 1140. The second kappa shape index (κ2) is 14.2. The summed E-state index contributed by atoms with van der Waals surface area (Å²) in [5, 5.41) is 2.38. The molecule has 1 N–H and O–H groups in total. The third-order valence-corrected chi connectivity index (χ3v) is 9.93. The molecule has 2 saturated heterocycles. The van der Waals surface area contributed by atoms with Gasteiger partial charge in [-0.25, -0.2) is 0 Å². The van der Waals surface area contributed by atoms with Crippen LogP contribution in [0.4, 0.5) is 5.69 Å². The standard InChI is InChI=1S/C32H44N4O3S/c1-23(2)16-20-36-31(39)29(40-32(36)25-11-6-5-7-12-25)24(3)30(38)35-18-10-14-27(17-19-35)34(4)21-26-13-8-9-15-28(26)33-22-37/h5-9,11-13,15,22-24,27,29,32H,10,14,16-21H2,1-4H3,(H,33,37). The van der Waals surface area contributed by atoms with Crippen LogP contribution in [-0.2, 0) is 20.9 Å². The fraction of sp³-hybridized carbons (Fsp3) is 0.531. The first-order valence-corrected chi connectivity index (χ1v) is 15.5. The summed E-state index contributed by atoms with van der Waals surface area (Å²) in [6, 6.07) is 18.4. The number of thioether (sulfide) groups is 1. The van der Waals surface area contributed by atoms with Gasteiger partial charge in [-0.3, -0.25) is 19.3 Å². The van der Waals surface area contributed by atoms with E-state index in [0.717, 1.165) is 55.6 Å². The Morgan fingerprint density at radius 1 is 1.07 bits per heavy atom. The van der Waals surface area contributed by atoms with Crippen LogP contribution in [-0.4, -0.2) is 70.9 Å². The van der Waals surface area contributed by atoms with Crippen molar-refractivity contribution in [3.8, 4) is 0 Å². The molecule has 8 heteroatoms. The minimum Gasteiger partial charge on any atom is -0.342 e. The van der Waals surface area contributed by atoms with Gasteiger partial charge in [-0.05, 0) is 55.8 Å². The van der Waals surface area contributed by atoms with Crippen LogP contribution in [0.25, 0.3) is 0 Å². The number of hydrogen-bond acceptors (Lipinski definition) is 5. The Balaban J connectivity index is 1.39. The van der Waals surface area contributed by atoms with E-state index >= 15 is 0 Å². The van der Waals surface area contributed by atoms with Gasteiger partial charge in [0.25, 0.3) is 0 Å². The number of likely N-dealkylation sites (tertiary alicyclic amines) is 1. The van der Waals surface area contributed by atoms with Gasteiger partial charge in [-0.1, -0.05) is 69.3 Å². The van der Waals surface area contributed by atoms with Gasteiger partial charge in [-0.2, -0.15) is 0 Å². The predicted molar refractivity (Wildman–Crippen MR) is 163 cm³/mol. The van der Waals surface area contributed by atoms with Gasteiger partial charge in [0, 0.05) is 37.9 Å². The van der Waals surface area contributed by atoms with Crippen molar-refractivity contribution in [1.82, 2.24) is 14.7 Å². The van der Waals surface area contributed by atoms with Crippen LogP contribution in [0.3, 0.4) is 0 Å². The first-order chi connectivity index (χ1) is 19.3. The highest BCUT2D eigenvalue weighted by molar-refractivity contribution is 8.01. The second-order valence-corrected chi connectivity index (χ2v) is 12.8. The number of hydrogen-bond donors (Lipinski definition) is 1. The lowest BCUT2D eigenvalue weighted by molar-refractivity contribution is -0.139. The highest BCUT2D eigenvalue weighted by Crippen LogP contribution is 2.46. The van der Waals surface area contributed by atoms with Crippen LogP contribution in [0.1, 0.15) is 63.0 Å². The summed E-state index contributed by atoms with van der Waals surface area (Å²) in [5.74, 6) is 0.316. The lowest BCUT2D eigenvalue weighted by Crippen LogP contribution is -2.43. The first-order valence-electron chi connectivity index (χ1n) is 14.6. The van der Waals surface area contributed by atoms with Gasteiger partial charge in [0.15, 0.2) is 0 Å². The monoisotopic (exact) mass is 564 g/mol. The van der Waals surface area contributed by atoms with Gasteiger partial charge in [0.1, 0.15) is 5.37 Å². The van der Waals surface area contributed by atoms with Crippen LogP contribution in [0.2, 0.25) is 0 Å². The lowest BCUT2D eigenvalue weighted by atomic mass is 10.0. The van der Waals surface area contributed by atoms with E-state index in [2.05, 4.69) is 43.2 Å². The molecule has 2 aliphatic heterocycles. The molecule has 0 aliphatic carbocycles. The molecule has 40 heavy (non-hydrogen) atoms. The topological polar surface area (TPSA) is 73.0 Å². The third kappa shape index (κ3) is 7.26. The highest BCUT2D eigenvalue weighted by atomic mass is 32.2. The van der Waals surface area contributed by atoms with Gasteiger partial charge in [-0.15, -0.1) is 11.8 Å². The van der Waals surface area contributed by atoms with Crippen molar-refractivity contribution in [2.24, 2.45) is 11.8 Å². The van der Waals surface area contributed by atoms with Crippen LogP contribution < -0.4 is 5.32 Å². The number of anilines is 1. The number of para-hydroxylation sites is 1. The van der Waals surface area contributed by atoms with Gasteiger partial charge < -0.3 is 15.1 Å². The van der Waals surface area contributed by atoms with E-state index < -0.39 is 0 Å². The molecule has 4 unspecified atom stereocenters. The van der Waals surface area contributed by atoms with Crippen LogP contribution in [0.5, 0.6) is 0 Å². The molecule has 0 spiro atoms. The average Bonchev–Trinajstić information content (AvgIpc) is 3.10. The van der Waals surface area contributed by atoms with E-state index in [0.29, 0.717) is 31.5 Å². The first kappa shape index (κ1) is 30.1. The summed E-state index contributed by atoms with van der Waals surface area (Å²) in [7, 11) is 2.12. The molecule has 2 heterocycles. The Kier molecular flexibility index (Phi) is 10.7. The normalized spacial score (nSPS) is 22.4. The van der Waals surface area contributed by atoms with E-state index in [9.17, 15) is 14.4 Å². The summed E-state index contributed by atoms with van der Waals surface area (Å²) in [6.07, 6.45) is 4.49. The summed E-state index contributed by atoms with van der Waals surface area (Å²) in [4.78, 5) is 44.8. The highest BCUT2D eigenvalue weighted by Gasteiger charge is 2.46. The number of amides is 3. The van der Waals surface area contributed by atoms with E-state index in [1.165, 1.54) is 0 Å². The fourth-order valence-corrected chi connectivity index (χ4v) is 7.35. The zero-order valence-electron chi connectivity index (χ0n) is 24.3. The minimum atomic E-state index is -0.372. The summed E-state index contributed by atoms with van der Waals surface area (Å²) < 4.78 is 0. The number of carbonyl (C=O) groups is 3. The molecule has 0 aromatic heterocycles. The summed E-state index contributed by atoms with van der Waals surface area (Å²) >= 11 is 1.64. The van der Waals surface area contributed by atoms with E-state index in [-0.39, 0.29) is 28.4 Å². The molecule has 4 atom stereocenters. The van der Waals surface area contributed by atoms with Crippen LogP contribution in [0.15, 0.2) is 54.6 Å². The summed E-state index contributed by atoms with van der Waals surface area (Å²) in [6.45, 7) is 9.16. The Labute approximate surface area is 243 Å². The number of carbonyl (C=O) groups excluding carboxylic acids is 3. The van der Waals surface area contributed by atoms with Gasteiger partial charge >= 0.3 is 0 Å². The molecule has 2 aromatic rings. The minimum absolute atomic E-state index is 0.0496. The molecule has 2 fully saturated rings. The maximum atomic E-state index is 13.8. The number of rotatable bonds is 11. The van der Waals surface area contributed by atoms with Crippen molar-refractivity contribution in [3.63, 3.8) is 0 Å². The fourth-order valence-electron chi connectivity index (χ4n) is 5.80. The molecule has 0 radical (unpaired) electrons. The Morgan fingerprint density at radius 3 is 2.52 bits per heavy atom. The maximum Gasteiger partial charge on any atom is 0.237 e. The summed E-state index contributed by atoms with van der Waals surface area (Å²) in [5.41, 5.74) is 3.03. The van der Waals surface area contributed by atoms with Crippen molar-refractivity contribution in [3.05, 3.63) is 65.7 Å². The second-order valence-electron chi connectivity index (χ2n) is 11.6. The smallest absolute Gasteiger partial charge is 0.237 e. The van der Waals surface area contributed by atoms with Crippen molar-refractivity contribution in [2.75, 3.05) is 32.0 Å². The SMILES string of the molecule is CC(C)CCN1C(=O)C(C(C)C(=O)N2CCCC(N(C)Cc3ccccc3NC=O)CC2)SC1c1ccccc1. The van der Waals surface area contributed by atoms with E-state index in [1.807, 2.05) is 59.2 Å². The Hall–Kier alpha value is -2.84. The molecule has 0 bridgehead atoms. The molecule has 216 valence electrons. The molecule has 0 saturated carbocycles. The number of nitrogens with zero attached hydrogens (tertiary/aromatic N) is 3. The molecule has 4 rings (SSSR count). The zero-order chi connectivity index (χ0) is 28.6. The molecule has 7 nitrogen and oxygen atoms in total. The van der Waals surface area contributed by atoms with Crippen LogP contribution in [0, 0.1) is 11.8 Å². The van der Waals surface area contributed by atoms with Gasteiger partial charge in [0.05, 0.1) is 11.2 Å². The molecular formula is C32H44N4O3S. The van der Waals surface area contributed by atoms with Crippen molar-refractivity contribution >= 4 is 35.7 Å². The molecule has 3 amide bonds. The number of nitrogens with one attached hydrogen (secondary N) is 1. The van der Waals surface area contributed by atoms with Crippen molar-refractivity contribution in [1.29, 1.82) is 0 Å². The average molecular weight is 565 g/mol. The number of benzene rings is 2. The largest absolute Gasteiger partial charge is 0.342 e. The maximum absolute atomic E-state index is 13.8. The molecule has 2 aromatic carbocycles. The Morgan fingerprint density at radius 2 is 1.80 bits per heavy atom. The lowest BCUT2D eigenvalue weighted by Gasteiger charge is -2.29. The van der Waals surface area contributed by atoms with Crippen molar-refractivity contribution < 1.29 is 14.4 Å². The molecular weight excluding hydrogens is 520 g/mol. The predicted octanol–water partition coefficient (Wildman–Crippen LogP) is 5.39. The molecule has 2 aliphatic rings. The van der Waals surface area contributed by atoms with Crippen molar-refractivity contribution in [2.45, 2.75) is 69.7 Å². The third-order valence-electron chi connectivity index (χ3n) is 8.24. The quantitative estimate of drug-likeness (QED) is 0.371. The van der Waals surface area contributed by atoms with E-state index in [4.69, 9.17) is 0 Å². The van der Waals surface area contributed by atoms with E-state index in [1.54, 1.807) is 11.8 Å². The van der Waals surface area contributed by atoms with Gasteiger partial charge in [0.2, 0.25) is 18.2 Å². The van der Waals surface area contributed by atoms with Crippen LogP contribution >= 0.6 is 11.8 Å².